The molecule has 2 fully saturated rings. The van der Waals surface area contributed by atoms with Crippen molar-refractivity contribution in [3.63, 3.8) is 0 Å². The maximum Gasteiger partial charge on any atom is 0.254 e. The molecule has 1 aromatic carbocycles. The molecule has 1 aromatic rings. The van der Waals surface area contributed by atoms with Crippen LogP contribution in [0.2, 0.25) is 0 Å². The first kappa shape index (κ1) is 14.4. The zero-order valence-corrected chi connectivity index (χ0v) is 13.1. The minimum Gasteiger partial charge on any atom is -0.381 e. The number of hydrogen-bond donors (Lipinski definition) is 0. The maximum atomic E-state index is 12.8. The predicted octanol–water partition coefficient (Wildman–Crippen LogP) is 2.53. The average molecular weight is 288 g/mol. The fourth-order valence-electron chi connectivity index (χ4n) is 3.70. The molecule has 2 aliphatic heterocycles. The van der Waals surface area contributed by atoms with Crippen molar-refractivity contribution in [1.29, 1.82) is 0 Å². The Morgan fingerprint density at radius 1 is 1.14 bits per heavy atom. The molecule has 114 valence electrons. The largest absolute Gasteiger partial charge is 0.381 e. The van der Waals surface area contributed by atoms with Gasteiger partial charge < -0.3 is 14.5 Å². The summed E-state index contributed by atoms with van der Waals surface area (Å²) in [5.41, 5.74) is 1.92. The number of fused-ring (bicyclic) bond motifs is 2. The molecule has 2 atom stereocenters. The number of ether oxygens (including phenoxy) is 1. The average Bonchev–Trinajstić information content (AvgIpc) is 2.76. The van der Waals surface area contributed by atoms with Crippen LogP contribution in [-0.4, -0.2) is 50.2 Å². The number of carbonyl (C=O) groups excluding carboxylic acids is 1. The van der Waals surface area contributed by atoms with E-state index in [1.165, 1.54) is 0 Å². The molecule has 4 nitrogen and oxygen atoms in total. The Labute approximate surface area is 126 Å². The molecule has 0 aliphatic carbocycles. The normalized spacial score (nSPS) is 27.8. The highest BCUT2D eigenvalue weighted by Crippen LogP contribution is 2.37. The summed E-state index contributed by atoms with van der Waals surface area (Å²) >= 11 is 0. The highest BCUT2D eigenvalue weighted by atomic mass is 16.5. The topological polar surface area (TPSA) is 32.8 Å². The lowest BCUT2D eigenvalue weighted by atomic mass is 9.98. The minimum atomic E-state index is 0.183. The Balaban J connectivity index is 1.76. The van der Waals surface area contributed by atoms with Gasteiger partial charge in [-0.3, -0.25) is 4.79 Å². The first-order valence-electron chi connectivity index (χ1n) is 7.73. The second-order valence-corrected chi connectivity index (χ2v) is 6.37. The van der Waals surface area contributed by atoms with Crippen molar-refractivity contribution in [1.82, 2.24) is 4.90 Å². The lowest BCUT2D eigenvalue weighted by molar-refractivity contribution is 0.00823. The van der Waals surface area contributed by atoms with Gasteiger partial charge >= 0.3 is 0 Å². The van der Waals surface area contributed by atoms with E-state index < -0.39 is 0 Å². The lowest BCUT2D eigenvalue weighted by Crippen LogP contribution is -2.48. The molecule has 2 bridgehead atoms. The molecule has 4 heteroatoms. The van der Waals surface area contributed by atoms with Gasteiger partial charge in [-0.25, -0.2) is 0 Å². The molecule has 2 heterocycles. The smallest absolute Gasteiger partial charge is 0.254 e. The van der Waals surface area contributed by atoms with Crippen LogP contribution in [0, 0.1) is 0 Å². The van der Waals surface area contributed by atoms with Crippen molar-refractivity contribution in [3.8, 4) is 0 Å². The molecule has 2 aliphatic rings. The van der Waals surface area contributed by atoms with Crippen molar-refractivity contribution in [2.75, 3.05) is 26.1 Å². The Hall–Kier alpha value is -1.55. The van der Waals surface area contributed by atoms with Gasteiger partial charge in [0.15, 0.2) is 0 Å². The summed E-state index contributed by atoms with van der Waals surface area (Å²) in [6, 6.07) is 8.62. The number of benzene rings is 1. The van der Waals surface area contributed by atoms with Crippen LogP contribution < -0.4 is 4.90 Å². The fourth-order valence-corrected chi connectivity index (χ4v) is 3.70. The zero-order valence-electron chi connectivity index (χ0n) is 13.1. The number of amides is 1. The molecule has 3 rings (SSSR count). The van der Waals surface area contributed by atoms with Gasteiger partial charge in [0.25, 0.3) is 5.91 Å². The SMILES string of the molecule is COC1CC2CCC(C1)N2C(=O)c1ccc(N(C)C)cc1. The van der Waals surface area contributed by atoms with E-state index in [2.05, 4.69) is 4.90 Å². The van der Waals surface area contributed by atoms with E-state index in [4.69, 9.17) is 4.74 Å². The van der Waals surface area contributed by atoms with E-state index in [1.54, 1.807) is 7.11 Å². The van der Waals surface area contributed by atoms with Crippen LogP contribution in [0.15, 0.2) is 24.3 Å². The van der Waals surface area contributed by atoms with E-state index in [9.17, 15) is 4.79 Å². The third kappa shape index (κ3) is 2.64. The van der Waals surface area contributed by atoms with Gasteiger partial charge in [0, 0.05) is 44.5 Å². The number of rotatable bonds is 3. The third-order valence-electron chi connectivity index (χ3n) is 4.89. The molecule has 0 spiro atoms. The van der Waals surface area contributed by atoms with Crippen LogP contribution >= 0.6 is 0 Å². The van der Waals surface area contributed by atoms with Crippen molar-refractivity contribution >= 4 is 11.6 Å². The van der Waals surface area contributed by atoms with Crippen molar-refractivity contribution in [2.45, 2.75) is 43.9 Å². The molecule has 2 saturated heterocycles. The van der Waals surface area contributed by atoms with Crippen LogP contribution in [0.1, 0.15) is 36.0 Å². The quantitative estimate of drug-likeness (QED) is 0.857. The molecule has 0 N–H and O–H groups in total. The van der Waals surface area contributed by atoms with Gasteiger partial charge in [0.2, 0.25) is 0 Å². The molecule has 0 aromatic heterocycles. The maximum absolute atomic E-state index is 12.8. The molecule has 2 unspecified atom stereocenters. The summed E-state index contributed by atoms with van der Waals surface area (Å²) in [6.07, 6.45) is 4.52. The van der Waals surface area contributed by atoms with E-state index in [0.29, 0.717) is 18.2 Å². The van der Waals surface area contributed by atoms with Crippen LogP contribution in [0.4, 0.5) is 5.69 Å². The van der Waals surface area contributed by atoms with Gasteiger partial charge in [0.1, 0.15) is 0 Å². The van der Waals surface area contributed by atoms with Gasteiger partial charge in [-0.15, -0.1) is 0 Å². The minimum absolute atomic E-state index is 0.183. The molecule has 0 radical (unpaired) electrons. The molecular formula is C17H24N2O2. The van der Waals surface area contributed by atoms with Crippen molar-refractivity contribution < 1.29 is 9.53 Å². The second-order valence-electron chi connectivity index (χ2n) is 6.37. The van der Waals surface area contributed by atoms with Gasteiger partial charge in [-0.1, -0.05) is 0 Å². The predicted molar refractivity (Wildman–Crippen MR) is 83.8 cm³/mol. The Kier molecular flexibility index (Phi) is 3.89. The fraction of sp³-hybridized carbons (Fsp3) is 0.588. The van der Waals surface area contributed by atoms with Gasteiger partial charge in [-0.05, 0) is 49.9 Å². The first-order valence-corrected chi connectivity index (χ1v) is 7.73. The van der Waals surface area contributed by atoms with E-state index in [1.807, 2.05) is 43.3 Å². The summed E-state index contributed by atoms with van der Waals surface area (Å²) < 4.78 is 5.50. The number of piperidine rings is 1. The Morgan fingerprint density at radius 3 is 2.19 bits per heavy atom. The van der Waals surface area contributed by atoms with Gasteiger partial charge in [-0.2, -0.15) is 0 Å². The van der Waals surface area contributed by atoms with Crippen LogP contribution in [0.5, 0.6) is 0 Å². The summed E-state index contributed by atoms with van der Waals surface area (Å²) in [6.45, 7) is 0. The zero-order chi connectivity index (χ0) is 15.0. The number of hydrogen-bond acceptors (Lipinski definition) is 3. The Morgan fingerprint density at radius 2 is 1.71 bits per heavy atom. The van der Waals surface area contributed by atoms with Crippen molar-refractivity contribution in [2.24, 2.45) is 0 Å². The molecule has 1 amide bonds. The summed E-state index contributed by atoms with van der Waals surface area (Å²) in [5.74, 6) is 0.183. The number of carbonyl (C=O) groups is 1. The van der Waals surface area contributed by atoms with Crippen molar-refractivity contribution in [3.05, 3.63) is 29.8 Å². The highest BCUT2D eigenvalue weighted by molar-refractivity contribution is 5.95. The number of methoxy groups -OCH3 is 1. The summed E-state index contributed by atoms with van der Waals surface area (Å²) in [5, 5.41) is 0. The van der Waals surface area contributed by atoms with Crippen LogP contribution in [0.25, 0.3) is 0 Å². The van der Waals surface area contributed by atoms with E-state index >= 15 is 0 Å². The van der Waals surface area contributed by atoms with E-state index in [0.717, 1.165) is 36.9 Å². The first-order chi connectivity index (χ1) is 10.1. The second kappa shape index (κ2) is 5.68. The highest BCUT2D eigenvalue weighted by Gasteiger charge is 2.43. The number of nitrogens with zero attached hydrogens (tertiary/aromatic N) is 2. The monoisotopic (exact) mass is 288 g/mol. The summed E-state index contributed by atoms with van der Waals surface area (Å²) in [4.78, 5) is 17.0. The standard InChI is InChI=1S/C17H24N2O2/c1-18(2)13-6-4-12(5-7-13)17(20)19-14-8-9-15(19)11-16(10-14)21-3/h4-7,14-16H,8-11H2,1-3H3. The molecule has 21 heavy (non-hydrogen) atoms. The third-order valence-corrected chi connectivity index (χ3v) is 4.89. The van der Waals surface area contributed by atoms with E-state index in [-0.39, 0.29) is 5.91 Å². The molecular weight excluding hydrogens is 264 g/mol. The molecule has 0 saturated carbocycles. The van der Waals surface area contributed by atoms with Crippen LogP contribution in [-0.2, 0) is 4.74 Å². The Bertz CT molecular complexity index is 498. The summed E-state index contributed by atoms with van der Waals surface area (Å²) in [7, 11) is 5.79. The lowest BCUT2D eigenvalue weighted by Gasteiger charge is -2.38. The van der Waals surface area contributed by atoms with Gasteiger partial charge in [0.05, 0.1) is 6.10 Å². The number of anilines is 1. The van der Waals surface area contributed by atoms with Crippen LogP contribution in [0.3, 0.4) is 0 Å².